The molecule has 0 bridgehead atoms. The van der Waals surface area contributed by atoms with Crippen LogP contribution in [0, 0.1) is 6.92 Å². The van der Waals surface area contributed by atoms with Gasteiger partial charge in [-0.25, -0.2) is 0 Å². The second-order valence-corrected chi connectivity index (χ2v) is 5.11. The van der Waals surface area contributed by atoms with Gasteiger partial charge in [-0.1, -0.05) is 25.0 Å². The molecule has 2 atom stereocenters. The summed E-state index contributed by atoms with van der Waals surface area (Å²) in [4.78, 5) is 0. The van der Waals surface area contributed by atoms with E-state index >= 15 is 0 Å². The quantitative estimate of drug-likeness (QED) is 0.684. The first-order valence-corrected chi connectivity index (χ1v) is 7.21. The predicted octanol–water partition coefficient (Wildman–Crippen LogP) is 2.60. The molecule has 0 saturated carbocycles. The number of hydrogen-bond acceptors (Lipinski definition) is 4. The summed E-state index contributed by atoms with van der Waals surface area (Å²) < 4.78 is 10.9. The number of aryl methyl sites for hydroxylation is 1. The summed E-state index contributed by atoms with van der Waals surface area (Å²) in [5, 5.41) is 19.5. The molecule has 0 aliphatic rings. The minimum absolute atomic E-state index is 0.162. The van der Waals surface area contributed by atoms with Crippen molar-refractivity contribution in [3.8, 4) is 5.75 Å². The van der Waals surface area contributed by atoms with Crippen LogP contribution in [0.15, 0.2) is 18.2 Å². The topological polar surface area (TPSA) is 58.9 Å². The maximum absolute atomic E-state index is 9.78. The molecule has 0 aromatic heterocycles. The van der Waals surface area contributed by atoms with Gasteiger partial charge in [0.1, 0.15) is 18.5 Å². The van der Waals surface area contributed by atoms with Crippen LogP contribution in [0.2, 0.25) is 0 Å². The molecule has 2 N–H and O–H groups in total. The van der Waals surface area contributed by atoms with Crippen LogP contribution in [0.3, 0.4) is 0 Å². The van der Waals surface area contributed by atoms with Crippen LogP contribution in [0.1, 0.15) is 43.9 Å². The monoisotopic (exact) mass is 282 g/mol. The smallest absolute Gasteiger partial charge is 0.125 e. The first kappa shape index (κ1) is 17.0. The van der Waals surface area contributed by atoms with Crippen LogP contribution in [0.4, 0.5) is 0 Å². The number of benzene rings is 1. The molecule has 4 nitrogen and oxygen atoms in total. The third kappa shape index (κ3) is 5.90. The molecule has 114 valence electrons. The Bertz CT molecular complexity index is 390. The lowest BCUT2D eigenvalue weighted by Gasteiger charge is -2.17. The fraction of sp³-hybridized carbons (Fsp3) is 0.625. The van der Waals surface area contributed by atoms with Crippen LogP contribution < -0.4 is 4.74 Å². The fourth-order valence-electron chi connectivity index (χ4n) is 1.83. The van der Waals surface area contributed by atoms with E-state index in [1.165, 1.54) is 0 Å². The lowest BCUT2D eigenvalue weighted by atomic mass is 10.1. The van der Waals surface area contributed by atoms with E-state index in [9.17, 15) is 10.2 Å². The van der Waals surface area contributed by atoms with Gasteiger partial charge in [-0.05, 0) is 32.4 Å². The first-order valence-electron chi connectivity index (χ1n) is 7.21. The van der Waals surface area contributed by atoms with Crippen LogP contribution in [-0.4, -0.2) is 36.1 Å². The van der Waals surface area contributed by atoms with Crippen molar-refractivity contribution in [3.05, 3.63) is 29.3 Å². The molecule has 0 heterocycles. The summed E-state index contributed by atoms with van der Waals surface area (Å²) >= 11 is 0. The van der Waals surface area contributed by atoms with Gasteiger partial charge < -0.3 is 19.7 Å². The van der Waals surface area contributed by atoms with Gasteiger partial charge in [-0.15, -0.1) is 0 Å². The fourth-order valence-corrected chi connectivity index (χ4v) is 1.83. The van der Waals surface area contributed by atoms with Crippen molar-refractivity contribution >= 4 is 0 Å². The highest BCUT2D eigenvalue weighted by Gasteiger charge is 2.12. The lowest BCUT2D eigenvalue weighted by Crippen LogP contribution is -2.24. The standard InChI is InChI=1S/C16H26O4/c1-4-5-8-19-10-14(18)11-20-16-7-6-12(2)9-15(16)13(3)17/h6-7,9,13-14,17-18H,4-5,8,10-11H2,1-3H3/t13-,14?/m1/s1. The van der Waals surface area contributed by atoms with Crippen LogP contribution in [-0.2, 0) is 4.74 Å². The van der Waals surface area contributed by atoms with E-state index < -0.39 is 12.2 Å². The molecule has 0 aliphatic carbocycles. The van der Waals surface area contributed by atoms with Gasteiger partial charge in [0.2, 0.25) is 0 Å². The Morgan fingerprint density at radius 3 is 2.60 bits per heavy atom. The van der Waals surface area contributed by atoms with Gasteiger partial charge in [-0.3, -0.25) is 0 Å². The van der Waals surface area contributed by atoms with Crippen molar-refractivity contribution in [1.82, 2.24) is 0 Å². The van der Waals surface area contributed by atoms with Crippen molar-refractivity contribution in [3.63, 3.8) is 0 Å². The first-order chi connectivity index (χ1) is 9.54. The summed E-state index contributed by atoms with van der Waals surface area (Å²) in [7, 11) is 0. The zero-order chi connectivity index (χ0) is 15.0. The second-order valence-electron chi connectivity index (χ2n) is 5.11. The van der Waals surface area contributed by atoms with Gasteiger partial charge in [0.25, 0.3) is 0 Å². The number of hydrogen-bond donors (Lipinski definition) is 2. The second kappa shape index (κ2) is 8.95. The van der Waals surface area contributed by atoms with E-state index in [1.807, 2.05) is 25.1 Å². The maximum atomic E-state index is 9.78. The van der Waals surface area contributed by atoms with Crippen molar-refractivity contribution in [2.45, 2.75) is 45.8 Å². The Labute approximate surface area is 121 Å². The van der Waals surface area contributed by atoms with Gasteiger partial charge in [0, 0.05) is 12.2 Å². The molecule has 1 aromatic carbocycles. The van der Waals surface area contributed by atoms with Gasteiger partial charge in [0.05, 0.1) is 12.7 Å². The van der Waals surface area contributed by atoms with Gasteiger partial charge in [-0.2, -0.15) is 0 Å². The normalized spacial score (nSPS) is 14.1. The van der Waals surface area contributed by atoms with Crippen LogP contribution in [0.25, 0.3) is 0 Å². The Hall–Kier alpha value is -1.10. The molecule has 4 heteroatoms. The number of rotatable bonds is 9. The third-order valence-electron chi connectivity index (χ3n) is 3.00. The highest BCUT2D eigenvalue weighted by Crippen LogP contribution is 2.26. The average Bonchev–Trinajstić information content (AvgIpc) is 2.42. The van der Waals surface area contributed by atoms with Gasteiger partial charge in [0.15, 0.2) is 0 Å². The molecule has 0 saturated heterocycles. The Kier molecular flexibility index (Phi) is 7.59. The molecule has 0 spiro atoms. The minimum Gasteiger partial charge on any atom is -0.490 e. The van der Waals surface area contributed by atoms with Gasteiger partial charge >= 0.3 is 0 Å². The summed E-state index contributed by atoms with van der Waals surface area (Å²) in [5.74, 6) is 0.609. The zero-order valence-corrected chi connectivity index (χ0v) is 12.6. The highest BCUT2D eigenvalue weighted by molar-refractivity contribution is 5.38. The van der Waals surface area contributed by atoms with Crippen molar-refractivity contribution < 1.29 is 19.7 Å². The molecule has 0 radical (unpaired) electrons. The molecule has 0 amide bonds. The molecule has 0 fully saturated rings. The molecule has 20 heavy (non-hydrogen) atoms. The molecular formula is C16H26O4. The van der Waals surface area contributed by atoms with E-state index in [0.717, 1.165) is 24.0 Å². The number of unbranched alkanes of at least 4 members (excludes halogenated alkanes) is 1. The van der Waals surface area contributed by atoms with E-state index in [1.54, 1.807) is 6.92 Å². The summed E-state index contributed by atoms with van der Waals surface area (Å²) in [6.45, 7) is 6.86. The number of ether oxygens (including phenoxy) is 2. The molecule has 1 aromatic rings. The van der Waals surface area contributed by atoms with E-state index in [-0.39, 0.29) is 13.2 Å². The molecule has 1 rings (SSSR count). The van der Waals surface area contributed by atoms with E-state index in [4.69, 9.17) is 9.47 Å². The summed E-state index contributed by atoms with van der Waals surface area (Å²) in [5.41, 5.74) is 1.81. The third-order valence-corrected chi connectivity index (χ3v) is 3.00. The van der Waals surface area contributed by atoms with Crippen molar-refractivity contribution in [2.75, 3.05) is 19.8 Å². The Balaban J connectivity index is 2.44. The summed E-state index contributed by atoms with van der Waals surface area (Å²) in [6, 6.07) is 5.64. The predicted molar refractivity (Wildman–Crippen MR) is 79.0 cm³/mol. The summed E-state index contributed by atoms with van der Waals surface area (Å²) in [6.07, 6.45) is 0.823. The molecular weight excluding hydrogens is 256 g/mol. The zero-order valence-electron chi connectivity index (χ0n) is 12.6. The largest absolute Gasteiger partial charge is 0.490 e. The average molecular weight is 282 g/mol. The number of aliphatic hydroxyl groups is 2. The van der Waals surface area contributed by atoms with Crippen LogP contribution >= 0.6 is 0 Å². The van der Waals surface area contributed by atoms with Crippen molar-refractivity contribution in [2.24, 2.45) is 0 Å². The number of aliphatic hydroxyl groups excluding tert-OH is 2. The molecule has 0 aliphatic heterocycles. The highest BCUT2D eigenvalue weighted by atomic mass is 16.5. The maximum Gasteiger partial charge on any atom is 0.125 e. The lowest BCUT2D eigenvalue weighted by molar-refractivity contribution is 0.0107. The Morgan fingerprint density at radius 2 is 1.95 bits per heavy atom. The minimum atomic E-state index is -0.657. The van der Waals surface area contributed by atoms with Crippen LogP contribution in [0.5, 0.6) is 5.75 Å². The Morgan fingerprint density at radius 1 is 1.20 bits per heavy atom. The van der Waals surface area contributed by atoms with Crippen molar-refractivity contribution in [1.29, 1.82) is 0 Å². The SMILES string of the molecule is CCCCOCC(O)COc1ccc(C)cc1[C@@H](C)O. The van der Waals surface area contributed by atoms with E-state index in [2.05, 4.69) is 6.92 Å². The van der Waals surface area contributed by atoms with E-state index in [0.29, 0.717) is 12.4 Å². The molecule has 1 unspecified atom stereocenters.